The van der Waals surface area contributed by atoms with Gasteiger partial charge in [0.05, 0.1) is 5.41 Å². The van der Waals surface area contributed by atoms with Crippen LogP contribution in [0.15, 0.2) is 0 Å². The summed E-state index contributed by atoms with van der Waals surface area (Å²) in [5.41, 5.74) is -0.592. The van der Waals surface area contributed by atoms with Crippen LogP contribution < -0.4 is 0 Å². The lowest BCUT2D eigenvalue weighted by molar-refractivity contribution is -0.141. The Morgan fingerprint density at radius 2 is 1.90 bits per heavy atom. The number of aliphatic carboxylic acids is 1. The van der Waals surface area contributed by atoms with E-state index in [4.69, 9.17) is 5.11 Å². The van der Waals surface area contributed by atoms with Crippen LogP contribution in [0.25, 0.3) is 0 Å². The van der Waals surface area contributed by atoms with Gasteiger partial charge in [-0.3, -0.25) is 19.3 Å². The van der Waals surface area contributed by atoms with Crippen molar-refractivity contribution in [2.75, 3.05) is 6.54 Å². The highest BCUT2D eigenvalue weighted by Gasteiger charge is 2.44. The first kappa shape index (κ1) is 16.7. The van der Waals surface area contributed by atoms with E-state index < -0.39 is 11.4 Å². The molecule has 114 valence electrons. The van der Waals surface area contributed by atoms with E-state index in [1.807, 2.05) is 13.8 Å². The topological polar surface area (TPSA) is 74.7 Å². The molecule has 0 spiro atoms. The average Bonchev–Trinajstić information content (AvgIpc) is 2.49. The predicted molar refractivity (Wildman–Crippen MR) is 74.9 cm³/mol. The molecule has 1 aliphatic heterocycles. The lowest BCUT2D eigenvalue weighted by atomic mass is 9.88. The number of imide groups is 1. The fraction of sp³-hybridized carbons (Fsp3) is 0.800. The average molecular weight is 283 g/mol. The van der Waals surface area contributed by atoms with Gasteiger partial charge in [0.1, 0.15) is 0 Å². The summed E-state index contributed by atoms with van der Waals surface area (Å²) in [6.07, 6.45) is 1.68. The van der Waals surface area contributed by atoms with E-state index in [2.05, 4.69) is 0 Å². The maximum atomic E-state index is 12.1. The molecule has 1 aliphatic rings. The molecule has 0 aromatic heterocycles. The standard InChI is InChI=1S/C15H25NO4/c1-10(2)11(5-6-13(18)19)7-8-16-12(17)9-15(3,4)14(16)20/h10-11H,5-9H2,1-4H3,(H,18,19). The molecule has 1 atom stereocenters. The zero-order valence-electron chi connectivity index (χ0n) is 12.8. The molecule has 0 radical (unpaired) electrons. The number of hydrogen-bond donors (Lipinski definition) is 1. The smallest absolute Gasteiger partial charge is 0.303 e. The first-order valence-corrected chi connectivity index (χ1v) is 7.21. The van der Waals surface area contributed by atoms with Gasteiger partial charge in [-0.25, -0.2) is 0 Å². The number of nitrogens with zero attached hydrogens (tertiary/aromatic N) is 1. The van der Waals surface area contributed by atoms with Crippen molar-refractivity contribution in [2.24, 2.45) is 17.3 Å². The van der Waals surface area contributed by atoms with E-state index in [1.165, 1.54) is 4.90 Å². The van der Waals surface area contributed by atoms with Gasteiger partial charge < -0.3 is 5.11 Å². The summed E-state index contributed by atoms with van der Waals surface area (Å²) in [6, 6.07) is 0. The third-order valence-corrected chi connectivity index (χ3v) is 4.11. The molecular formula is C15H25NO4. The van der Waals surface area contributed by atoms with Crippen molar-refractivity contribution in [2.45, 2.75) is 53.4 Å². The van der Waals surface area contributed by atoms with Crippen LogP contribution in [0.3, 0.4) is 0 Å². The van der Waals surface area contributed by atoms with Gasteiger partial charge in [-0.1, -0.05) is 27.7 Å². The van der Waals surface area contributed by atoms with Crippen molar-refractivity contribution < 1.29 is 19.5 Å². The quantitative estimate of drug-likeness (QED) is 0.727. The van der Waals surface area contributed by atoms with Crippen LogP contribution in [0.5, 0.6) is 0 Å². The summed E-state index contributed by atoms with van der Waals surface area (Å²) in [5, 5.41) is 8.76. The first-order valence-electron chi connectivity index (χ1n) is 7.21. The molecule has 5 heteroatoms. The fourth-order valence-corrected chi connectivity index (χ4v) is 2.67. The van der Waals surface area contributed by atoms with E-state index in [9.17, 15) is 14.4 Å². The Morgan fingerprint density at radius 3 is 2.30 bits per heavy atom. The van der Waals surface area contributed by atoms with Crippen LogP contribution in [-0.4, -0.2) is 34.3 Å². The molecule has 1 heterocycles. The number of carbonyl (C=O) groups excluding carboxylic acids is 2. The third-order valence-electron chi connectivity index (χ3n) is 4.11. The van der Waals surface area contributed by atoms with Crippen molar-refractivity contribution in [3.05, 3.63) is 0 Å². The van der Waals surface area contributed by atoms with E-state index in [-0.39, 0.29) is 30.6 Å². The van der Waals surface area contributed by atoms with Gasteiger partial charge in [0.2, 0.25) is 11.8 Å². The minimum absolute atomic E-state index is 0.108. The van der Waals surface area contributed by atoms with Crippen LogP contribution >= 0.6 is 0 Å². The second-order valence-corrected chi connectivity index (χ2v) is 6.64. The van der Waals surface area contributed by atoms with Gasteiger partial charge in [0, 0.05) is 19.4 Å². The third kappa shape index (κ3) is 4.05. The summed E-state index contributed by atoms with van der Waals surface area (Å²) in [7, 11) is 0. The van der Waals surface area contributed by atoms with Gasteiger partial charge >= 0.3 is 5.97 Å². The number of hydrogen-bond acceptors (Lipinski definition) is 3. The Morgan fingerprint density at radius 1 is 1.30 bits per heavy atom. The van der Waals surface area contributed by atoms with Crippen molar-refractivity contribution in [3.8, 4) is 0 Å². The molecule has 5 nitrogen and oxygen atoms in total. The Hall–Kier alpha value is -1.39. The fourth-order valence-electron chi connectivity index (χ4n) is 2.67. The number of amides is 2. The number of carbonyl (C=O) groups is 3. The SMILES string of the molecule is CC(C)C(CCC(=O)O)CCN1C(=O)CC(C)(C)C1=O. The Bertz CT molecular complexity index is 401. The molecule has 0 aromatic carbocycles. The Kier molecular flexibility index (Phi) is 5.31. The lowest BCUT2D eigenvalue weighted by Gasteiger charge is -2.24. The van der Waals surface area contributed by atoms with E-state index >= 15 is 0 Å². The van der Waals surface area contributed by atoms with E-state index in [1.54, 1.807) is 13.8 Å². The number of likely N-dealkylation sites (tertiary alicyclic amines) is 1. The molecule has 0 aromatic rings. The first-order chi connectivity index (χ1) is 9.15. The second-order valence-electron chi connectivity index (χ2n) is 6.64. The maximum Gasteiger partial charge on any atom is 0.303 e. The number of carboxylic acid groups (broad SMARTS) is 1. The van der Waals surface area contributed by atoms with Crippen LogP contribution in [-0.2, 0) is 14.4 Å². The van der Waals surface area contributed by atoms with Gasteiger partial charge in [-0.2, -0.15) is 0 Å². The van der Waals surface area contributed by atoms with Gasteiger partial charge in [0.25, 0.3) is 0 Å². The normalized spacial score (nSPS) is 19.8. The van der Waals surface area contributed by atoms with Crippen molar-refractivity contribution >= 4 is 17.8 Å². The molecular weight excluding hydrogens is 258 g/mol. The maximum absolute atomic E-state index is 12.1. The molecule has 1 unspecified atom stereocenters. The highest BCUT2D eigenvalue weighted by Crippen LogP contribution is 2.32. The molecule has 0 saturated carbocycles. The van der Waals surface area contributed by atoms with Gasteiger partial charge in [-0.15, -0.1) is 0 Å². The molecule has 1 N–H and O–H groups in total. The van der Waals surface area contributed by atoms with E-state index in [0.717, 1.165) is 0 Å². The van der Waals surface area contributed by atoms with Gasteiger partial charge in [0.15, 0.2) is 0 Å². The zero-order chi connectivity index (χ0) is 15.5. The summed E-state index contributed by atoms with van der Waals surface area (Å²) in [5.74, 6) is -0.459. The summed E-state index contributed by atoms with van der Waals surface area (Å²) in [4.78, 5) is 36.0. The van der Waals surface area contributed by atoms with Crippen LogP contribution in [0.1, 0.15) is 53.4 Å². The molecule has 1 saturated heterocycles. The zero-order valence-corrected chi connectivity index (χ0v) is 12.8. The van der Waals surface area contributed by atoms with Crippen molar-refractivity contribution in [1.82, 2.24) is 4.90 Å². The predicted octanol–water partition coefficient (Wildman–Crippen LogP) is 2.30. The summed E-state index contributed by atoms with van der Waals surface area (Å²) < 4.78 is 0. The van der Waals surface area contributed by atoms with Crippen molar-refractivity contribution in [3.63, 3.8) is 0 Å². The van der Waals surface area contributed by atoms with E-state index in [0.29, 0.717) is 25.3 Å². The summed E-state index contributed by atoms with van der Waals surface area (Å²) >= 11 is 0. The molecule has 1 fully saturated rings. The molecule has 20 heavy (non-hydrogen) atoms. The van der Waals surface area contributed by atoms with Crippen LogP contribution in [0, 0.1) is 17.3 Å². The summed E-state index contributed by atoms with van der Waals surface area (Å²) in [6.45, 7) is 8.08. The molecule has 1 rings (SSSR count). The molecule has 2 amide bonds. The Balaban J connectivity index is 2.57. The number of carboxylic acids is 1. The number of rotatable bonds is 7. The molecule has 0 bridgehead atoms. The monoisotopic (exact) mass is 283 g/mol. The van der Waals surface area contributed by atoms with Crippen molar-refractivity contribution in [1.29, 1.82) is 0 Å². The minimum atomic E-state index is -0.801. The largest absolute Gasteiger partial charge is 0.481 e. The second kappa shape index (κ2) is 6.37. The molecule has 0 aliphatic carbocycles. The Labute approximate surface area is 120 Å². The van der Waals surface area contributed by atoms with Crippen LogP contribution in [0.2, 0.25) is 0 Å². The minimum Gasteiger partial charge on any atom is -0.481 e. The highest BCUT2D eigenvalue weighted by molar-refractivity contribution is 6.05. The van der Waals surface area contributed by atoms with Crippen LogP contribution in [0.4, 0.5) is 0 Å². The lowest BCUT2D eigenvalue weighted by Crippen LogP contribution is -2.35. The highest BCUT2D eigenvalue weighted by atomic mass is 16.4. The van der Waals surface area contributed by atoms with Gasteiger partial charge in [-0.05, 0) is 24.7 Å².